The molecule has 1 heterocycles. The molecule has 1 saturated heterocycles. The number of aliphatic hydroxyl groups excluding tert-OH is 5. The number of nitrogens with one attached hydrogen (secondary N) is 1. The second kappa shape index (κ2) is 62.7. The molecule has 88 heavy (non-hydrogen) atoms. The third-order valence-corrected chi connectivity index (χ3v) is 15.5. The zero-order chi connectivity index (χ0) is 63.9. The normalized spacial score (nSPS) is 19.1. The number of aliphatic hydroxyl groups is 5. The van der Waals surface area contributed by atoms with Crippen molar-refractivity contribution in [2.24, 2.45) is 0 Å². The summed E-state index contributed by atoms with van der Waals surface area (Å²) in [6.45, 7) is 5.54. The van der Waals surface area contributed by atoms with Gasteiger partial charge in [0, 0.05) is 6.42 Å². The van der Waals surface area contributed by atoms with Crippen LogP contribution in [0, 0.1) is 0 Å². The molecule has 11 heteroatoms. The molecule has 11 nitrogen and oxygen atoms in total. The predicted octanol–water partition coefficient (Wildman–Crippen LogP) is 18.1. The first-order valence-electron chi connectivity index (χ1n) is 35.1. The molecule has 8 atom stereocenters. The number of carbonyl (C=O) groups is 2. The van der Waals surface area contributed by atoms with E-state index in [1.54, 1.807) is 6.08 Å². The van der Waals surface area contributed by atoms with E-state index in [1.807, 2.05) is 6.08 Å². The third kappa shape index (κ3) is 49.3. The highest BCUT2D eigenvalue weighted by atomic mass is 16.7. The van der Waals surface area contributed by atoms with Crippen LogP contribution in [-0.4, -0.2) is 99.6 Å². The molecule has 1 aliphatic rings. The molecule has 0 aliphatic carbocycles. The van der Waals surface area contributed by atoms with Gasteiger partial charge in [0.1, 0.15) is 24.4 Å². The van der Waals surface area contributed by atoms with Gasteiger partial charge in [-0.15, -0.1) is 0 Å². The molecule has 8 unspecified atom stereocenters. The summed E-state index contributed by atoms with van der Waals surface area (Å²) in [5, 5.41) is 57.2. The Kier molecular flexibility index (Phi) is 58.1. The Morgan fingerprint density at radius 2 is 0.818 bits per heavy atom. The van der Waals surface area contributed by atoms with Crippen LogP contribution in [0.4, 0.5) is 0 Å². The number of hydrogen-bond donors (Lipinski definition) is 6. The van der Waals surface area contributed by atoms with Gasteiger partial charge in [-0.05, 0) is 122 Å². The van der Waals surface area contributed by atoms with Crippen molar-refractivity contribution in [2.45, 2.75) is 314 Å². The molecule has 500 valence electrons. The van der Waals surface area contributed by atoms with Crippen LogP contribution in [0.15, 0.2) is 146 Å². The molecule has 1 amide bonds. The van der Waals surface area contributed by atoms with E-state index >= 15 is 0 Å². The average molecular weight is 1230 g/mol. The van der Waals surface area contributed by atoms with Gasteiger partial charge in [0.05, 0.1) is 25.4 Å². The molecule has 6 N–H and O–H groups in total. The minimum absolute atomic E-state index is 0.0606. The van der Waals surface area contributed by atoms with E-state index in [0.29, 0.717) is 12.8 Å². The second-order valence-corrected chi connectivity index (χ2v) is 23.5. The molecular weight excluding hydrogens is 1100 g/mol. The third-order valence-electron chi connectivity index (χ3n) is 15.5. The summed E-state index contributed by atoms with van der Waals surface area (Å²) in [5.41, 5.74) is 0. The lowest BCUT2D eigenvalue weighted by Gasteiger charge is -2.41. The first-order chi connectivity index (χ1) is 43.2. The fourth-order valence-corrected chi connectivity index (χ4v) is 10.0. The highest BCUT2D eigenvalue weighted by Crippen LogP contribution is 2.26. The predicted molar refractivity (Wildman–Crippen MR) is 370 cm³/mol. The smallest absolute Gasteiger partial charge is 0.306 e. The lowest BCUT2D eigenvalue weighted by molar-refractivity contribution is -0.305. The average Bonchev–Trinajstić information content (AvgIpc) is 1.36. The summed E-state index contributed by atoms with van der Waals surface area (Å²) < 4.78 is 17.6. The highest BCUT2D eigenvalue weighted by Gasteiger charge is 2.47. The molecular formula is C77H127NO10. The Labute approximate surface area is 536 Å². The van der Waals surface area contributed by atoms with E-state index in [2.05, 4.69) is 160 Å². The fourth-order valence-electron chi connectivity index (χ4n) is 10.0. The zero-order valence-corrected chi connectivity index (χ0v) is 55.5. The number of carbonyl (C=O) groups excluding carboxylic acids is 2. The summed E-state index contributed by atoms with van der Waals surface area (Å²) in [6.07, 6.45) is 80.2. The van der Waals surface area contributed by atoms with Crippen molar-refractivity contribution in [3.05, 3.63) is 146 Å². The summed E-state index contributed by atoms with van der Waals surface area (Å²) >= 11 is 0. The van der Waals surface area contributed by atoms with E-state index < -0.39 is 67.4 Å². The van der Waals surface area contributed by atoms with Crippen LogP contribution in [0.1, 0.15) is 265 Å². The first kappa shape index (κ1) is 81.6. The minimum atomic E-state index is -1.64. The standard InChI is InChI=1S/C77H127NO10/c1-4-7-10-13-16-19-22-25-27-29-31-33-34-35-36-37-39-40-42-44-46-49-52-55-58-61-64-70(81)76(85)78-68(69(80)63-60-57-54-51-48-24-21-18-15-12-9-6-3)67-86-77-75(74(84)73(83)71(66-79)87-77)88-72(82)65-62-59-56-53-50-47-45-43-41-38-32-30-28-26-23-20-17-14-11-8-5-2/h7-8,10-11,16-17,19-20,25-28,31-33,35-36,38,43,45,50,53,60,63,68-71,73-75,77,79-81,83-84H,4-6,9,12-15,18,21-24,29-30,34,37,39-42,44,46-49,51-52,54-59,61-62,64-67H2,1-3H3,(H,78,85)/b10-7-,11-8-,19-16-,20-17-,27-25-,28-26-,33-31-,36-35-,38-32-,45-43-,53-50-,63-60+. The molecule has 1 fully saturated rings. The SMILES string of the molecule is CC/C=C\C/C=C\C/C=C\C/C=C\C/C=C\C/C=C\CCCCC(=O)OC1C(OCC(NC(=O)C(O)CCCCCCCCCCCC/C=C\C/C=C\C/C=C\C/C=C\C/C=C\CC)C(O)/C=C/CCCCCCCCCCCC)OC(CO)C(O)C1O. The highest BCUT2D eigenvalue weighted by molar-refractivity contribution is 5.80. The van der Waals surface area contributed by atoms with Gasteiger partial charge in [0.2, 0.25) is 5.91 Å². The summed E-state index contributed by atoms with van der Waals surface area (Å²) in [7, 11) is 0. The van der Waals surface area contributed by atoms with Gasteiger partial charge in [-0.25, -0.2) is 0 Å². The molecule has 0 aromatic carbocycles. The molecule has 0 bridgehead atoms. The van der Waals surface area contributed by atoms with Crippen molar-refractivity contribution < 1.29 is 49.3 Å². The largest absolute Gasteiger partial charge is 0.454 e. The monoisotopic (exact) mass is 1230 g/mol. The van der Waals surface area contributed by atoms with Crippen LogP contribution in [-0.2, 0) is 23.8 Å². The lowest BCUT2D eigenvalue weighted by Crippen LogP contribution is -2.61. The number of allylic oxidation sites excluding steroid dienone is 23. The fraction of sp³-hybridized carbons (Fsp3) is 0.662. The number of esters is 1. The van der Waals surface area contributed by atoms with E-state index in [1.165, 1.54) is 83.5 Å². The van der Waals surface area contributed by atoms with Gasteiger partial charge >= 0.3 is 5.97 Å². The molecule has 0 radical (unpaired) electrons. The Bertz CT molecular complexity index is 1990. The number of unbranched alkanes of at least 4 members (excludes halogenated alkanes) is 22. The van der Waals surface area contributed by atoms with E-state index in [-0.39, 0.29) is 19.4 Å². The van der Waals surface area contributed by atoms with Crippen molar-refractivity contribution in [3.63, 3.8) is 0 Å². The molecule has 0 spiro atoms. The molecule has 0 aromatic heterocycles. The zero-order valence-electron chi connectivity index (χ0n) is 55.5. The topological polar surface area (TPSA) is 175 Å². The van der Waals surface area contributed by atoms with Crippen LogP contribution in [0.2, 0.25) is 0 Å². The Morgan fingerprint density at radius 1 is 0.455 bits per heavy atom. The van der Waals surface area contributed by atoms with Crippen molar-refractivity contribution in [1.82, 2.24) is 5.32 Å². The Balaban J connectivity index is 2.62. The van der Waals surface area contributed by atoms with Gasteiger partial charge in [-0.2, -0.15) is 0 Å². The number of hydrogen-bond acceptors (Lipinski definition) is 10. The van der Waals surface area contributed by atoms with E-state index in [9.17, 15) is 35.1 Å². The molecule has 0 saturated carbocycles. The quantitative estimate of drug-likeness (QED) is 0.0195. The number of amides is 1. The Hall–Kier alpha value is -4.46. The van der Waals surface area contributed by atoms with Gasteiger partial charge in [0.15, 0.2) is 12.4 Å². The Morgan fingerprint density at radius 3 is 1.23 bits per heavy atom. The van der Waals surface area contributed by atoms with Crippen LogP contribution >= 0.6 is 0 Å². The second-order valence-electron chi connectivity index (χ2n) is 23.5. The van der Waals surface area contributed by atoms with Crippen molar-refractivity contribution >= 4 is 11.9 Å². The van der Waals surface area contributed by atoms with Gasteiger partial charge in [-0.1, -0.05) is 282 Å². The van der Waals surface area contributed by atoms with Gasteiger partial charge in [-0.3, -0.25) is 9.59 Å². The van der Waals surface area contributed by atoms with Gasteiger partial charge in [0.25, 0.3) is 0 Å². The number of rotatable bonds is 58. The number of ether oxygens (including phenoxy) is 3. The van der Waals surface area contributed by atoms with Crippen LogP contribution in [0.3, 0.4) is 0 Å². The van der Waals surface area contributed by atoms with Crippen LogP contribution < -0.4 is 5.32 Å². The lowest BCUT2D eigenvalue weighted by atomic mass is 9.99. The maximum Gasteiger partial charge on any atom is 0.306 e. The van der Waals surface area contributed by atoms with Crippen molar-refractivity contribution in [3.8, 4) is 0 Å². The summed E-state index contributed by atoms with van der Waals surface area (Å²) in [6, 6.07) is -1.05. The van der Waals surface area contributed by atoms with Crippen molar-refractivity contribution in [1.29, 1.82) is 0 Å². The minimum Gasteiger partial charge on any atom is -0.454 e. The van der Waals surface area contributed by atoms with E-state index in [0.717, 1.165) is 135 Å². The van der Waals surface area contributed by atoms with Crippen molar-refractivity contribution in [2.75, 3.05) is 13.2 Å². The maximum atomic E-state index is 13.5. The molecule has 0 aromatic rings. The molecule has 1 aliphatic heterocycles. The molecule has 1 rings (SSSR count). The maximum absolute atomic E-state index is 13.5. The first-order valence-corrected chi connectivity index (χ1v) is 35.1. The van der Waals surface area contributed by atoms with Crippen LogP contribution in [0.5, 0.6) is 0 Å². The summed E-state index contributed by atoms with van der Waals surface area (Å²) in [4.78, 5) is 26.7. The van der Waals surface area contributed by atoms with E-state index in [4.69, 9.17) is 14.2 Å². The van der Waals surface area contributed by atoms with Crippen LogP contribution in [0.25, 0.3) is 0 Å². The van der Waals surface area contributed by atoms with Gasteiger partial charge < -0.3 is 45.1 Å². The summed E-state index contributed by atoms with van der Waals surface area (Å²) in [5.74, 6) is -1.25.